The Morgan fingerprint density at radius 2 is 2.00 bits per heavy atom. The first kappa shape index (κ1) is 18.8. The maximum atomic E-state index is 13.3. The molecule has 1 saturated heterocycles. The standard InChI is InChI=1S/C18H23NO6S/c1-25-17(20)10-12-5-4-7-14(9-12)26(23,24)19-15-8-3-2-6-13(15)11-16(19)18(21)22/h4-5,7,9,13,15-16H,2-3,6,8,10-11H2,1H3,(H,21,22). The van der Waals surface area contributed by atoms with Gasteiger partial charge in [0.1, 0.15) is 6.04 Å². The highest BCUT2D eigenvalue weighted by atomic mass is 32.2. The third-order valence-electron chi connectivity index (χ3n) is 5.36. The number of benzene rings is 1. The van der Waals surface area contributed by atoms with Gasteiger partial charge in [-0.1, -0.05) is 25.0 Å². The van der Waals surface area contributed by atoms with Gasteiger partial charge in [-0.3, -0.25) is 9.59 Å². The molecule has 3 unspecified atom stereocenters. The second-order valence-corrected chi connectivity index (χ2v) is 8.78. The Morgan fingerprint density at radius 3 is 2.69 bits per heavy atom. The van der Waals surface area contributed by atoms with Gasteiger partial charge < -0.3 is 9.84 Å². The third-order valence-corrected chi connectivity index (χ3v) is 7.29. The zero-order chi connectivity index (χ0) is 18.9. The molecule has 0 bridgehead atoms. The molecule has 0 aromatic heterocycles. The van der Waals surface area contributed by atoms with E-state index in [1.165, 1.54) is 23.5 Å². The van der Waals surface area contributed by atoms with Gasteiger partial charge in [0.15, 0.2) is 0 Å². The largest absolute Gasteiger partial charge is 0.480 e. The first-order valence-corrected chi connectivity index (χ1v) is 10.2. The lowest BCUT2D eigenvalue weighted by Crippen LogP contribution is -2.46. The Balaban J connectivity index is 1.96. The molecule has 8 heteroatoms. The van der Waals surface area contributed by atoms with Crippen molar-refractivity contribution in [2.24, 2.45) is 5.92 Å². The summed E-state index contributed by atoms with van der Waals surface area (Å²) in [6.07, 6.45) is 3.80. The molecule has 2 aliphatic rings. The molecule has 0 spiro atoms. The number of hydrogen-bond donors (Lipinski definition) is 1. The lowest BCUT2D eigenvalue weighted by atomic mass is 9.85. The molecule has 1 N–H and O–H groups in total. The lowest BCUT2D eigenvalue weighted by molar-refractivity contribution is -0.141. The number of methoxy groups -OCH3 is 1. The molecule has 26 heavy (non-hydrogen) atoms. The number of carbonyl (C=O) groups is 2. The molecule has 1 heterocycles. The van der Waals surface area contributed by atoms with Gasteiger partial charge in [0.05, 0.1) is 18.4 Å². The van der Waals surface area contributed by atoms with Crippen LogP contribution in [0.3, 0.4) is 0 Å². The van der Waals surface area contributed by atoms with Crippen molar-refractivity contribution in [1.82, 2.24) is 4.31 Å². The molecular formula is C18H23NO6S. The van der Waals surface area contributed by atoms with Gasteiger partial charge >= 0.3 is 11.9 Å². The molecule has 0 amide bonds. The zero-order valence-electron chi connectivity index (χ0n) is 14.6. The summed E-state index contributed by atoms with van der Waals surface area (Å²) in [5.74, 6) is -1.47. The van der Waals surface area contributed by atoms with Crippen LogP contribution in [-0.2, 0) is 30.8 Å². The fraction of sp³-hybridized carbons (Fsp3) is 0.556. The maximum Gasteiger partial charge on any atom is 0.322 e. The molecule has 1 aromatic rings. The highest BCUT2D eigenvalue weighted by Gasteiger charge is 2.51. The van der Waals surface area contributed by atoms with E-state index in [2.05, 4.69) is 4.74 Å². The average Bonchev–Trinajstić information content (AvgIpc) is 3.02. The second kappa shape index (κ2) is 7.36. The topological polar surface area (TPSA) is 101 Å². The number of ether oxygens (including phenoxy) is 1. The van der Waals surface area contributed by atoms with Crippen LogP contribution < -0.4 is 0 Å². The van der Waals surface area contributed by atoms with Crippen LogP contribution in [-0.4, -0.2) is 49.0 Å². The summed E-state index contributed by atoms with van der Waals surface area (Å²) in [6, 6.07) is 4.80. The molecule has 1 saturated carbocycles. The molecular weight excluding hydrogens is 358 g/mol. The maximum absolute atomic E-state index is 13.3. The van der Waals surface area contributed by atoms with Crippen molar-refractivity contribution in [2.45, 2.75) is 55.5 Å². The van der Waals surface area contributed by atoms with Crippen LogP contribution in [0.25, 0.3) is 0 Å². The van der Waals surface area contributed by atoms with Crippen molar-refractivity contribution in [2.75, 3.05) is 7.11 Å². The number of rotatable bonds is 5. The van der Waals surface area contributed by atoms with E-state index in [0.29, 0.717) is 18.4 Å². The quantitative estimate of drug-likeness (QED) is 0.781. The van der Waals surface area contributed by atoms with Gasteiger partial charge in [-0.2, -0.15) is 4.31 Å². The highest BCUT2D eigenvalue weighted by molar-refractivity contribution is 7.89. The molecule has 0 radical (unpaired) electrons. The number of carboxylic acids is 1. The van der Waals surface area contributed by atoms with Gasteiger partial charge in [-0.05, 0) is 42.9 Å². The Bertz CT molecular complexity index is 806. The summed E-state index contributed by atoms with van der Waals surface area (Å²) < 4.78 is 32.3. The van der Waals surface area contributed by atoms with Crippen LogP contribution >= 0.6 is 0 Å². The van der Waals surface area contributed by atoms with Crippen molar-refractivity contribution in [3.63, 3.8) is 0 Å². The van der Waals surface area contributed by atoms with E-state index < -0.39 is 28.0 Å². The van der Waals surface area contributed by atoms with Crippen LogP contribution in [0.15, 0.2) is 29.2 Å². The number of fused-ring (bicyclic) bond motifs is 1. The summed E-state index contributed by atoms with van der Waals surface area (Å²) >= 11 is 0. The fourth-order valence-corrected chi connectivity index (χ4v) is 6.09. The Hall–Kier alpha value is -1.93. The van der Waals surface area contributed by atoms with Crippen molar-refractivity contribution in [1.29, 1.82) is 0 Å². The van der Waals surface area contributed by atoms with Crippen LogP contribution in [0.1, 0.15) is 37.7 Å². The SMILES string of the molecule is COC(=O)Cc1cccc(S(=O)(=O)N2C(C(=O)O)CC3CCCCC32)c1. The smallest absolute Gasteiger partial charge is 0.322 e. The van der Waals surface area contributed by atoms with Crippen molar-refractivity contribution < 1.29 is 27.9 Å². The minimum atomic E-state index is -3.97. The Morgan fingerprint density at radius 1 is 1.27 bits per heavy atom. The molecule has 142 valence electrons. The summed E-state index contributed by atoms with van der Waals surface area (Å²) in [5, 5.41) is 9.58. The minimum absolute atomic E-state index is 0.0244. The molecule has 3 rings (SSSR count). The minimum Gasteiger partial charge on any atom is -0.480 e. The summed E-state index contributed by atoms with van der Waals surface area (Å²) in [4.78, 5) is 23.2. The van der Waals surface area contributed by atoms with Crippen LogP contribution in [0.2, 0.25) is 0 Å². The second-order valence-electron chi connectivity index (χ2n) is 6.94. The molecule has 1 aliphatic carbocycles. The van der Waals surface area contributed by atoms with Gasteiger partial charge in [-0.15, -0.1) is 0 Å². The Kier molecular flexibility index (Phi) is 5.34. The number of sulfonamides is 1. The summed E-state index contributed by atoms with van der Waals surface area (Å²) in [7, 11) is -2.70. The monoisotopic (exact) mass is 381 g/mol. The van der Waals surface area contributed by atoms with E-state index in [0.717, 1.165) is 19.3 Å². The van der Waals surface area contributed by atoms with Crippen molar-refractivity contribution >= 4 is 22.0 Å². The molecule has 3 atom stereocenters. The number of esters is 1. The molecule has 1 aliphatic heterocycles. The van der Waals surface area contributed by atoms with E-state index >= 15 is 0 Å². The van der Waals surface area contributed by atoms with E-state index in [4.69, 9.17) is 0 Å². The Labute approximate surface area is 153 Å². The number of aliphatic carboxylic acids is 1. The van der Waals surface area contributed by atoms with Gasteiger partial charge in [0, 0.05) is 6.04 Å². The normalized spacial score (nSPS) is 26.3. The van der Waals surface area contributed by atoms with Crippen LogP contribution in [0.4, 0.5) is 0 Å². The summed E-state index contributed by atoms with van der Waals surface area (Å²) in [6.45, 7) is 0. The zero-order valence-corrected chi connectivity index (χ0v) is 15.4. The van der Waals surface area contributed by atoms with Gasteiger partial charge in [-0.25, -0.2) is 8.42 Å². The van der Waals surface area contributed by atoms with E-state index in [9.17, 15) is 23.1 Å². The van der Waals surface area contributed by atoms with Gasteiger partial charge in [0.25, 0.3) is 0 Å². The number of carboxylic acid groups (broad SMARTS) is 1. The van der Waals surface area contributed by atoms with E-state index in [-0.39, 0.29) is 23.3 Å². The number of hydrogen-bond acceptors (Lipinski definition) is 5. The predicted octanol–water partition coefficient (Wildman–Crippen LogP) is 1.81. The highest BCUT2D eigenvalue weighted by Crippen LogP contribution is 2.42. The fourth-order valence-electron chi connectivity index (χ4n) is 4.15. The summed E-state index contributed by atoms with van der Waals surface area (Å²) in [5.41, 5.74) is 0.518. The predicted molar refractivity (Wildman–Crippen MR) is 93.0 cm³/mol. The van der Waals surface area contributed by atoms with E-state index in [1.54, 1.807) is 12.1 Å². The van der Waals surface area contributed by atoms with E-state index in [1.807, 2.05) is 0 Å². The first-order chi connectivity index (χ1) is 12.3. The molecule has 1 aromatic carbocycles. The van der Waals surface area contributed by atoms with Gasteiger partial charge in [0.2, 0.25) is 10.0 Å². The number of nitrogens with zero attached hydrogens (tertiary/aromatic N) is 1. The van der Waals surface area contributed by atoms with Crippen molar-refractivity contribution in [3.8, 4) is 0 Å². The van der Waals surface area contributed by atoms with Crippen LogP contribution in [0, 0.1) is 5.92 Å². The van der Waals surface area contributed by atoms with Crippen molar-refractivity contribution in [3.05, 3.63) is 29.8 Å². The molecule has 2 fully saturated rings. The van der Waals surface area contributed by atoms with Crippen LogP contribution in [0.5, 0.6) is 0 Å². The molecule has 7 nitrogen and oxygen atoms in total. The first-order valence-electron chi connectivity index (χ1n) is 8.76. The lowest BCUT2D eigenvalue weighted by Gasteiger charge is -2.32. The average molecular weight is 381 g/mol. The third kappa shape index (κ3) is 3.48. The number of carbonyl (C=O) groups excluding carboxylic acids is 1.